The van der Waals surface area contributed by atoms with Gasteiger partial charge in [0.1, 0.15) is 11.5 Å². The summed E-state index contributed by atoms with van der Waals surface area (Å²) in [6.07, 6.45) is 0.123. The molecule has 0 bridgehead atoms. The molecule has 0 radical (unpaired) electrons. The van der Waals surface area contributed by atoms with Crippen LogP contribution in [0.4, 0.5) is 5.69 Å². The summed E-state index contributed by atoms with van der Waals surface area (Å²) in [5.74, 6) is 1.31. The lowest BCUT2D eigenvalue weighted by atomic mass is 9.96. The van der Waals surface area contributed by atoms with Crippen molar-refractivity contribution in [2.75, 3.05) is 17.2 Å². The van der Waals surface area contributed by atoms with Gasteiger partial charge < -0.3 is 19.5 Å². The van der Waals surface area contributed by atoms with Gasteiger partial charge in [-0.15, -0.1) is 11.8 Å². The third-order valence-corrected chi connectivity index (χ3v) is 6.56. The van der Waals surface area contributed by atoms with Crippen molar-refractivity contribution < 1.29 is 19.4 Å². The number of fused-ring (bicyclic) bond motifs is 1. The molecule has 0 amide bonds. The first-order valence-corrected chi connectivity index (χ1v) is 11.6. The minimum Gasteiger partial charge on any atom is -0.478 e. The summed E-state index contributed by atoms with van der Waals surface area (Å²) in [6.45, 7) is 4.57. The Kier molecular flexibility index (Phi) is 6.61. The molecule has 1 aliphatic heterocycles. The van der Waals surface area contributed by atoms with Gasteiger partial charge in [-0.05, 0) is 55.8 Å². The average molecular weight is 450 g/mol. The van der Waals surface area contributed by atoms with Crippen LogP contribution in [0.5, 0.6) is 11.5 Å². The highest BCUT2D eigenvalue weighted by molar-refractivity contribution is 7.99. The Hall–Kier alpha value is -3.12. The number of benzene rings is 3. The fourth-order valence-electron chi connectivity index (χ4n) is 3.81. The number of thioether (sulfide) groups is 1. The second-order valence-electron chi connectivity index (χ2n) is 8.00. The van der Waals surface area contributed by atoms with Crippen LogP contribution in [0, 0.1) is 0 Å². The molecule has 1 aliphatic rings. The molecule has 0 saturated carbocycles. The summed E-state index contributed by atoms with van der Waals surface area (Å²) < 4.78 is 12.0. The van der Waals surface area contributed by atoms with E-state index in [1.165, 1.54) is 10.6 Å². The van der Waals surface area contributed by atoms with Gasteiger partial charge in [-0.25, -0.2) is 4.79 Å². The van der Waals surface area contributed by atoms with Gasteiger partial charge in [0, 0.05) is 23.6 Å². The molecular weight excluding hydrogens is 422 g/mol. The van der Waals surface area contributed by atoms with Crippen molar-refractivity contribution in [2.45, 2.75) is 37.0 Å². The second kappa shape index (κ2) is 9.57. The molecule has 32 heavy (non-hydrogen) atoms. The zero-order valence-corrected chi connectivity index (χ0v) is 19.0. The zero-order valence-electron chi connectivity index (χ0n) is 18.2. The van der Waals surface area contributed by atoms with Crippen molar-refractivity contribution in [3.8, 4) is 11.5 Å². The van der Waals surface area contributed by atoms with E-state index in [9.17, 15) is 9.90 Å². The lowest BCUT2D eigenvalue weighted by molar-refractivity contribution is -0.153. The first kappa shape index (κ1) is 22.1. The van der Waals surface area contributed by atoms with Gasteiger partial charge in [0.05, 0.1) is 5.69 Å². The molecule has 2 atom stereocenters. The highest BCUT2D eigenvalue weighted by atomic mass is 32.2. The maximum Gasteiger partial charge on any atom is 0.348 e. The standard InChI is InChI=1S/C26H27NO4S/c1-19(27-16-17-32-24-11-7-6-10-23(24)27)30-21-14-12-20(13-15-21)18-26(2,25(28)29)31-22-8-4-3-5-9-22/h3-15,19H,16-18H2,1-2H3,(H,28,29). The van der Waals surface area contributed by atoms with E-state index in [4.69, 9.17) is 9.47 Å². The van der Waals surface area contributed by atoms with Crippen molar-refractivity contribution in [2.24, 2.45) is 0 Å². The number of rotatable bonds is 8. The predicted octanol–water partition coefficient (Wildman–Crippen LogP) is 5.49. The number of hydrogen-bond donors (Lipinski definition) is 1. The van der Waals surface area contributed by atoms with E-state index in [0.29, 0.717) is 5.75 Å². The molecule has 1 N–H and O–H groups in total. The van der Waals surface area contributed by atoms with Gasteiger partial charge in [0.25, 0.3) is 0 Å². The lowest BCUT2D eigenvalue weighted by Crippen LogP contribution is -2.43. The van der Waals surface area contributed by atoms with Gasteiger partial charge in [-0.2, -0.15) is 0 Å². The monoisotopic (exact) mass is 449 g/mol. The molecule has 0 fully saturated rings. The van der Waals surface area contributed by atoms with Crippen LogP contribution in [0.2, 0.25) is 0 Å². The highest BCUT2D eigenvalue weighted by Gasteiger charge is 2.36. The maximum atomic E-state index is 12.0. The quantitative estimate of drug-likeness (QED) is 0.491. The minimum absolute atomic E-state index is 0.117. The van der Waals surface area contributed by atoms with Crippen molar-refractivity contribution >= 4 is 23.4 Å². The SMILES string of the molecule is CC(Oc1ccc(CC(C)(Oc2ccccc2)C(=O)O)cc1)N1CCSc2ccccc21. The third-order valence-electron chi connectivity index (χ3n) is 5.51. The second-order valence-corrected chi connectivity index (χ2v) is 9.14. The summed E-state index contributed by atoms with van der Waals surface area (Å²) in [5, 5.41) is 9.80. The van der Waals surface area contributed by atoms with Crippen LogP contribution in [0.15, 0.2) is 83.8 Å². The molecule has 3 aromatic carbocycles. The van der Waals surface area contributed by atoms with Crippen LogP contribution in [0.1, 0.15) is 19.4 Å². The molecule has 2 unspecified atom stereocenters. The maximum absolute atomic E-state index is 12.0. The number of nitrogens with zero attached hydrogens (tertiary/aromatic N) is 1. The highest BCUT2D eigenvalue weighted by Crippen LogP contribution is 2.35. The molecule has 4 rings (SSSR count). The first-order valence-electron chi connectivity index (χ1n) is 10.7. The molecule has 3 aromatic rings. The number of ether oxygens (including phenoxy) is 2. The molecule has 5 nitrogen and oxygen atoms in total. The van der Waals surface area contributed by atoms with Crippen LogP contribution in [-0.4, -0.2) is 35.2 Å². The normalized spacial score (nSPS) is 15.9. The first-order chi connectivity index (χ1) is 15.4. The lowest BCUT2D eigenvalue weighted by Gasteiger charge is -2.35. The van der Waals surface area contributed by atoms with E-state index < -0.39 is 11.6 Å². The molecule has 0 aromatic heterocycles. The van der Waals surface area contributed by atoms with Crippen molar-refractivity contribution in [1.82, 2.24) is 0 Å². The number of carboxylic acids is 1. The Morgan fingerprint density at radius 2 is 1.72 bits per heavy atom. The summed E-state index contributed by atoms with van der Waals surface area (Å²) in [7, 11) is 0. The molecular formula is C26H27NO4S. The van der Waals surface area contributed by atoms with Crippen LogP contribution in [0.25, 0.3) is 0 Å². The van der Waals surface area contributed by atoms with Crippen LogP contribution < -0.4 is 14.4 Å². The van der Waals surface area contributed by atoms with Crippen LogP contribution in [0.3, 0.4) is 0 Å². The van der Waals surface area contributed by atoms with E-state index in [2.05, 4.69) is 36.1 Å². The number of aliphatic carboxylic acids is 1. The Bertz CT molecular complexity index is 1060. The Morgan fingerprint density at radius 1 is 1.03 bits per heavy atom. The number of carboxylic acid groups (broad SMARTS) is 1. The van der Waals surface area contributed by atoms with Crippen molar-refractivity contribution in [1.29, 1.82) is 0 Å². The summed E-state index contributed by atoms with van der Waals surface area (Å²) in [5.41, 5.74) is 0.695. The Balaban J connectivity index is 1.43. The number of carbonyl (C=O) groups is 1. The number of para-hydroxylation sites is 2. The molecule has 6 heteroatoms. The van der Waals surface area contributed by atoms with Gasteiger partial charge in [0.2, 0.25) is 5.60 Å². The van der Waals surface area contributed by atoms with Gasteiger partial charge >= 0.3 is 5.97 Å². The van der Waals surface area contributed by atoms with E-state index in [0.717, 1.165) is 23.6 Å². The van der Waals surface area contributed by atoms with Gasteiger partial charge in [-0.3, -0.25) is 0 Å². The van der Waals surface area contributed by atoms with Crippen LogP contribution in [-0.2, 0) is 11.2 Å². The molecule has 166 valence electrons. The fraction of sp³-hybridized carbons (Fsp3) is 0.269. The third kappa shape index (κ3) is 5.02. The van der Waals surface area contributed by atoms with Gasteiger partial charge in [-0.1, -0.05) is 42.5 Å². The fourth-order valence-corrected chi connectivity index (χ4v) is 4.82. The molecule has 1 heterocycles. The minimum atomic E-state index is -1.37. The van der Waals surface area contributed by atoms with Crippen molar-refractivity contribution in [3.63, 3.8) is 0 Å². The van der Waals surface area contributed by atoms with E-state index in [-0.39, 0.29) is 12.6 Å². The van der Waals surface area contributed by atoms with Crippen LogP contribution >= 0.6 is 11.8 Å². The zero-order chi connectivity index (χ0) is 22.6. The average Bonchev–Trinajstić information content (AvgIpc) is 2.80. The smallest absolute Gasteiger partial charge is 0.348 e. The predicted molar refractivity (Wildman–Crippen MR) is 128 cm³/mol. The summed E-state index contributed by atoms with van der Waals surface area (Å²) in [4.78, 5) is 15.5. The van der Waals surface area contributed by atoms with E-state index in [1.54, 1.807) is 19.1 Å². The van der Waals surface area contributed by atoms with E-state index >= 15 is 0 Å². The van der Waals surface area contributed by atoms with Crippen molar-refractivity contribution in [3.05, 3.63) is 84.4 Å². The largest absolute Gasteiger partial charge is 0.478 e. The Morgan fingerprint density at radius 3 is 2.44 bits per heavy atom. The molecule has 0 spiro atoms. The molecule has 0 saturated heterocycles. The number of hydrogen-bond acceptors (Lipinski definition) is 5. The topological polar surface area (TPSA) is 59.0 Å². The molecule has 0 aliphatic carbocycles. The summed E-state index contributed by atoms with van der Waals surface area (Å²) in [6, 6.07) is 25.0. The Labute approximate surface area is 193 Å². The van der Waals surface area contributed by atoms with Gasteiger partial charge in [0.15, 0.2) is 6.23 Å². The summed E-state index contributed by atoms with van der Waals surface area (Å²) >= 11 is 1.87. The number of anilines is 1. The van der Waals surface area contributed by atoms with E-state index in [1.807, 2.05) is 54.2 Å².